The van der Waals surface area contributed by atoms with Crippen molar-refractivity contribution in [3.63, 3.8) is 0 Å². The number of ether oxygens (including phenoxy) is 1. The second-order valence-corrected chi connectivity index (χ2v) is 7.18. The van der Waals surface area contributed by atoms with E-state index in [9.17, 15) is 9.59 Å². The number of amides is 3. The van der Waals surface area contributed by atoms with Crippen molar-refractivity contribution in [2.75, 3.05) is 26.9 Å². The topological polar surface area (TPSA) is 61.9 Å². The van der Waals surface area contributed by atoms with Gasteiger partial charge in [-0.05, 0) is 67.4 Å². The van der Waals surface area contributed by atoms with Gasteiger partial charge < -0.3 is 10.1 Å². The number of carbonyl (C=O) groups is 2. The number of rotatable bonds is 4. The first kappa shape index (κ1) is 16.8. The third-order valence-corrected chi connectivity index (χ3v) is 5.44. The van der Waals surface area contributed by atoms with Gasteiger partial charge in [0, 0.05) is 0 Å². The average molecular weight is 353 g/mol. The van der Waals surface area contributed by atoms with E-state index in [1.807, 2.05) is 36.4 Å². The Morgan fingerprint density at radius 2 is 1.77 bits per heavy atom. The zero-order chi connectivity index (χ0) is 18.3. The van der Waals surface area contributed by atoms with Crippen molar-refractivity contribution in [3.8, 4) is 5.75 Å². The Morgan fingerprint density at radius 1 is 1.08 bits per heavy atom. The lowest BCUT2D eigenvalue weighted by molar-refractivity contribution is -0.132. The standard InChI is InChI=1S/C20H23N3O3/c1-20(16-7-5-15-12-17(26-2)8-6-14(15)11-16)18(24)23(19(25)21-20)13-22-9-3-4-10-22/h5-8,11-12H,3-4,9-10,13H2,1-2H3,(H,21,25)/t20-/m1/s1. The molecule has 2 aliphatic heterocycles. The molecule has 6 heteroatoms. The highest BCUT2D eigenvalue weighted by Crippen LogP contribution is 2.32. The SMILES string of the molecule is COc1ccc2cc([C@@]3(C)NC(=O)N(CN4CCCC4)C3=O)ccc2c1. The van der Waals surface area contributed by atoms with E-state index in [1.165, 1.54) is 4.90 Å². The zero-order valence-electron chi connectivity index (χ0n) is 15.1. The first-order valence-electron chi connectivity index (χ1n) is 8.96. The summed E-state index contributed by atoms with van der Waals surface area (Å²) in [5.41, 5.74) is -0.247. The van der Waals surface area contributed by atoms with Crippen molar-refractivity contribution in [2.24, 2.45) is 0 Å². The number of likely N-dealkylation sites (tertiary alicyclic amines) is 1. The van der Waals surface area contributed by atoms with Crippen LogP contribution in [-0.4, -0.2) is 48.6 Å². The molecule has 2 saturated heterocycles. The van der Waals surface area contributed by atoms with Crippen LogP contribution in [0.25, 0.3) is 10.8 Å². The number of hydrogen-bond acceptors (Lipinski definition) is 4. The summed E-state index contributed by atoms with van der Waals surface area (Å²) in [7, 11) is 1.64. The highest BCUT2D eigenvalue weighted by atomic mass is 16.5. The van der Waals surface area contributed by atoms with Crippen LogP contribution in [0.2, 0.25) is 0 Å². The Hall–Kier alpha value is -2.60. The molecule has 4 rings (SSSR count). The van der Waals surface area contributed by atoms with Gasteiger partial charge in [-0.25, -0.2) is 9.69 Å². The van der Waals surface area contributed by atoms with E-state index in [0.717, 1.165) is 48.0 Å². The molecular weight excluding hydrogens is 330 g/mol. The summed E-state index contributed by atoms with van der Waals surface area (Å²) in [6, 6.07) is 11.3. The summed E-state index contributed by atoms with van der Waals surface area (Å²) in [5, 5.41) is 4.93. The number of benzene rings is 2. The lowest BCUT2D eigenvalue weighted by Gasteiger charge is -2.24. The third kappa shape index (κ3) is 2.70. The fourth-order valence-corrected chi connectivity index (χ4v) is 3.81. The van der Waals surface area contributed by atoms with Crippen molar-refractivity contribution in [1.29, 1.82) is 0 Å². The van der Waals surface area contributed by atoms with E-state index in [4.69, 9.17) is 4.74 Å². The summed E-state index contributed by atoms with van der Waals surface area (Å²) in [6.45, 7) is 4.02. The second-order valence-electron chi connectivity index (χ2n) is 7.18. The van der Waals surface area contributed by atoms with Gasteiger partial charge in [-0.3, -0.25) is 9.69 Å². The number of nitrogens with zero attached hydrogens (tertiary/aromatic N) is 2. The minimum atomic E-state index is -1.04. The molecule has 2 fully saturated rings. The molecule has 0 radical (unpaired) electrons. The molecule has 26 heavy (non-hydrogen) atoms. The van der Waals surface area contributed by atoms with Crippen LogP contribution in [0.5, 0.6) is 5.75 Å². The van der Waals surface area contributed by atoms with Crippen LogP contribution >= 0.6 is 0 Å². The molecule has 2 aliphatic rings. The molecule has 0 aromatic heterocycles. The van der Waals surface area contributed by atoms with Gasteiger partial charge in [-0.2, -0.15) is 0 Å². The van der Waals surface area contributed by atoms with Crippen LogP contribution in [0.1, 0.15) is 25.3 Å². The van der Waals surface area contributed by atoms with Gasteiger partial charge in [0.2, 0.25) is 0 Å². The minimum Gasteiger partial charge on any atom is -0.497 e. The van der Waals surface area contributed by atoms with Gasteiger partial charge in [0.1, 0.15) is 11.3 Å². The maximum Gasteiger partial charge on any atom is 0.326 e. The van der Waals surface area contributed by atoms with E-state index in [1.54, 1.807) is 14.0 Å². The van der Waals surface area contributed by atoms with E-state index in [2.05, 4.69) is 10.2 Å². The lowest BCUT2D eigenvalue weighted by Crippen LogP contribution is -2.43. The number of hydrogen-bond donors (Lipinski definition) is 1. The summed E-state index contributed by atoms with van der Waals surface area (Å²) >= 11 is 0. The van der Waals surface area contributed by atoms with Crippen LogP contribution < -0.4 is 10.1 Å². The van der Waals surface area contributed by atoms with E-state index >= 15 is 0 Å². The van der Waals surface area contributed by atoms with Gasteiger partial charge in [-0.1, -0.05) is 18.2 Å². The van der Waals surface area contributed by atoms with E-state index in [-0.39, 0.29) is 11.9 Å². The van der Waals surface area contributed by atoms with Crippen LogP contribution in [0, 0.1) is 0 Å². The minimum absolute atomic E-state index is 0.192. The number of imide groups is 1. The molecule has 0 saturated carbocycles. The Balaban J connectivity index is 1.64. The predicted molar refractivity (Wildman–Crippen MR) is 98.9 cm³/mol. The highest BCUT2D eigenvalue weighted by Gasteiger charge is 2.49. The number of nitrogens with one attached hydrogen (secondary N) is 1. The molecule has 0 aliphatic carbocycles. The van der Waals surface area contributed by atoms with Crippen molar-refractivity contribution in [2.45, 2.75) is 25.3 Å². The fourth-order valence-electron chi connectivity index (χ4n) is 3.81. The maximum atomic E-state index is 13.1. The molecule has 1 N–H and O–H groups in total. The molecule has 2 heterocycles. The molecule has 0 unspecified atom stereocenters. The predicted octanol–water partition coefficient (Wildman–Crippen LogP) is 2.67. The molecule has 136 valence electrons. The van der Waals surface area contributed by atoms with Crippen molar-refractivity contribution in [1.82, 2.24) is 15.1 Å². The fraction of sp³-hybridized carbons (Fsp3) is 0.400. The molecule has 0 spiro atoms. The first-order valence-corrected chi connectivity index (χ1v) is 8.96. The smallest absolute Gasteiger partial charge is 0.326 e. The molecular formula is C20H23N3O3. The summed E-state index contributed by atoms with van der Waals surface area (Å²) < 4.78 is 5.26. The first-order chi connectivity index (χ1) is 12.5. The van der Waals surface area contributed by atoms with Gasteiger partial charge in [0.05, 0.1) is 13.8 Å². The van der Waals surface area contributed by atoms with Crippen molar-refractivity contribution in [3.05, 3.63) is 42.0 Å². The zero-order valence-corrected chi connectivity index (χ0v) is 15.1. The molecule has 1 atom stereocenters. The Bertz CT molecular complexity index is 876. The van der Waals surface area contributed by atoms with E-state index < -0.39 is 5.54 Å². The molecule has 2 aromatic carbocycles. The van der Waals surface area contributed by atoms with Crippen LogP contribution in [0.4, 0.5) is 4.79 Å². The molecule has 2 aromatic rings. The summed E-state index contributed by atoms with van der Waals surface area (Å²) in [6.07, 6.45) is 2.24. The normalized spacial score (nSPS) is 23.7. The largest absolute Gasteiger partial charge is 0.497 e. The number of fused-ring (bicyclic) bond motifs is 1. The van der Waals surface area contributed by atoms with Gasteiger partial charge >= 0.3 is 6.03 Å². The Morgan fingerprint density at radius 3 is 2.50 bits per heavy atom. The molecule has 0 bridgehead atoms. The third-order valence-electron chi connectivity index (χ3n) is 5.44. The van der Waals surface area contributed by atoms with Gasteiger partial charge in [-0.15, -0.1) is 0 Å². The number of carbonyl (C=O) groups excluding carboxylic acids is 2. The second kappa shape index (κ2) is 6.29. The quantitative estimate of drug-likeness (QED) is 0.859. The monoisotopic (exact) mass is 353 g/mol. The van der Waals surface area contributed by atoms with Crippen LogP contribution in [0.15, 0.2) is 36.4 Å². The summed E-state index contributed by atoms with van der Waals surface area (Å²) in [4.78, 5) is 29.0. The van der Waals surface area contributed by atoms with Gasteiger partial charge in [0.25, 0.3) is 5.91 Å². The Labute approximate surface area is 152 Å². The maximum absolute atomic E-state index is 13.1. The molecule has 6 nitrogen and oxygen atoms in total. The van der Waals surface area contributed by atoms with Crippen molar-refractivity contribution < 1.29 is 14.3 Å². The number of urea groups is 1. The van der Waals surface area contributed by atoms with Crippen LogP contribution in [-0.2, 0) is 10.3 Å². The van der Waals surface area contributed by atoms with Gasteiger partial charge in [0.15, 0.2) is 0 Å². The van der Waals surface area contributed by atoms with Crippen molar-refractivity contribution >= 4 is 22.7 Å². The average Bonchev–Trinajstić information content (AvgIpc) is 3.24. The summed E-state index contributed by atoms with van der Waals surface area (Å²) in [5.74, 6) is 0.598. The molecule has 3 amide bonds. The van der Waals surface area contributed by atoms with E-state index in [0.29, 0.717) is 6.67 Å². The lowest BCUT2D eigenvalue weighted by atomic mass is 9.90. The van der Waals surface area contributed by atoms with Crippen LogP contribution in [0.3, 0.4) is 0 Å². The highest BCUT2D eigenvalue weighted by molar-refractivity contribution is 6.07. The Kier molecular flexibility index (Phi) is 4.07. The number of methoxy groups -OCH3 is 1.